The van der Waals surface area contributed by atoms with E-state index in [2.05, 4.69) is 4.98 Å². The Morgan fingerprint density at radius 2 is 1.89 bits per heavy atom. The standard InChI is InChI=1S/C14H12N2O2/c1-9-8-10(2)16-13(15-9)12(14(17)18-16)11-6-4-3-5-7-11/h3-8H,1-2H3. The predicted molar refractivity (Wildman–Crippen MR) is 68.6 cm³/mol. The van der Waals surface area contributed by atoms with Crippen LogP contribution in [0.25, 0.3) is 16.8 Å². The Hall–Kier alpha value is -2.36. The molecular weight excluding hydrogens is 228 g/mol. The number of nitrogens with zero attached hydrogens (tertiary/aromatic N) is 2. The Morgan fingerprint density at radius 3 is 2.61 bits per heavy atom. The second-order valence-electron chi connectivity index (χ2n) is 4.28. The first-order chi connectivity index (χ1) is 8.66. The van der Waals surface area contributed by atoms with Crippen molar-refractivity contribution in [2.45, 2.75) is 13.8 Å². The molecule has 2 aromatic heterocycles. The summed E-state index contributed by atoms with van der Waals surface area (Å²) in [5.74, 6) is 0. The average molecular weight is 240 g/mol. The van der Waals surface area contributed by atoms with Crippen molar-refractivity contribution in [2.75, 3.05) is 0 Å². The lowest BCUT2D eigenvalue weighted by atomic mass is 10.1. The second-order valence-corrected chi connectivity index (χ2v) is 4.28. The zero-order valence-corrected chi connectivity index (χ0v) is 10.2. The fourth-order valence-corrected chi connectivity index (χ4v) is 2.12. The summed E-state index contributed by atoms with van der Waals surface area (Å²) in [5, 5.41) is 0. The summed E-state index contributed by atoms with van der Waals surface area (Å²) in [6.07, 6.45) is 0. The van der Waals surface area contributed by atoms with Crippen molar-refractivity contribution < 1.29 is 4.52 Å². The first-order valence-corrected chi connectivity index (χ1v) is 5.72. The summed E-state index contributed by atoms with van der Waals surface area (Å²) in [5.41, 5.74) is 3.28. The molecule has 4 nitrogen and oxygen atoms in total. The topological polar surface area (TPSA) is 47.5 Å². The van der Waals surface area contributed by atoms with Gasteiger partial charge >= 0.3 is 5.63 Å². The molecule has 0 aliphatic carbocycles. The molecular formula is C14H12N2O2. The Morgan fingerprint density at radius 1 is 1.17 bits per heavy atom. The molecule has 1 aromatic carbocycles. The van der Waals surface area contributed by atoms with E-state index < -0.39 is 0 Å². The number of aryl methyl sites for hydroxylation is 2. The lowest BCUT2D eigenvalue weighted by Gasteiger charge is -2.00. The maximum atomic E-state index is 12.0. The van der Waals surface area contributed by atoms with Gasteiger partial charge in [0.2, 0.25) is 0 Å². The zero-order valence-electron chi connectivity index (χ0n) is 10.2. The average Bonchev–Trinajstić information content (AvgIpc) is 2.67. The van der Waals surface area contributed by atoms with Gasteiger partial charge in [0.05, 0.1) is 5.69 Å². The van der Waals surface area contributed by atoms with Crippen molar-refractivity contribution in [3.8, 4) is 11.1 Å². The van der Waals surface area contributed by atoms with Crippen molar-refractivity contribution >= 4 is 5.65 Å². The summed E-state index contributed by atoms with van der Waals surface area (Å²) >= 11 is 0. The summed E-state index contributed by atoms with van der Waals surface area (Å²) < 4.78 is 6.72. The lowest BCUT2D eigenvalue weighted by molar-refractivity contribution is 0.341. The molecule has 0 aliphatic rings. The van der Waals surface area contributed by atoms with Crippen LogP contribution in [0.2, 0.25) is 0 Å². The highest BCUT2D eigenvalue weighted by Crippen LogP contribution is 2.21. The van der Waals surface area contributed by atoms with Gasteiger partial charge in [0.1, 0.15) is 5.56 Å². The van der Waals surface area contributed by atoms with Gasteiger partial charge in [0.25, 0.3) is 0 Å². The molecule has 0 aliphatic heterocycles. The van der Waals surface area contributed by atoms with Gasteiger partial charge in [-0.05, 0) is 25.5 Å². The first-order valence-electron chi connectivity index (χ1n) is 5.72. The molecule has 0 atom stereocenters. The molecule has 0 bridgehead atoms. The highest BCUT2D eigenvalue weighted by Gasteiger charge is 2.16. The van der Waals surface area contributed by atoms with Crippen LogP contribution < -0.4 is 5.63 Å². The summed E-state index contributed by atoms with van der Waals surface area (Å²) in [6.45, 7) is 3.79. The molecule has 0 radical (unpaired) electrons. The molecule has 0 saturated heterocycles. The summed E-state index contributed by atoms with van der Waals surface area (Å²) in [4.78, 5) is 16.4. The minimum atomic E-state index is -0.359. The Kier molecular flexibility index (Phi) is 2.30. The number of hydrogen-bond acceptors (Lipinski definition) is 3. The van der Waals surface area contributed by atoms with Crippen LogP contribution in [0.15, 0.2) is 45.7 Å². The summed E-state index contributed by atoms with van der Waals surface area (Å²) in [6, 6.07) is 11.3. The molecule has 0 amide bonds. The van der Waals surface area contributed by atoms with Crippen molar-refractivity contribution in [3.05, 3.63) is 58.2 Å². The fraction of sp³-hybridized carbons (Fsp3) is 0.143. The number of aromatic nitrogens is 2. The molecule has 0 N–H and O–H groups in total. The SMILES string of the molecule is Cc1cc(C)n2oc(=O)c(-c3ccccc3)c2n1. The molecule has 3 aromatic rings. The zero-order chi connectivity index (χ0) is 12.7. The van der Waals surface area contributed by atoms with Crippen LogP contribution in [-0.4, -0.2) is 9.56 Å². The highest BCUT2D eigenvalue weighted by atomic mass is 16.5. The van der Waals surface area contributed by atoms with Crippen LogP contribution in [0.4, 0.5) is 0 Å². The maximum absolute atomic E-state index is 12.0. The second kappa shape index (κ2) is 3.84. The van der Waals surface area contributed by atoms with E-state index in [0.29, 0.717) is 11.2 Å². The molecule has 0 saturated carbocycles. The van der Waals surface area contributed by atoms with Crippen LogP contribution in [0.5, 0.6) is 0 Å². The Bertz CT molecular complexity index is 770. The molecule has 0 fully saturated rings. The van der Waals surface area contributed by atoms with Gasteiger partial charge in [0, 0.05) is 5.69 Å². The first kappa shape index (κ1) is 10.8. The van der Waals surface area contributed by atoms with Crippen LogP contribution in [0.1, 0.15) is 11.4 Å². The molecule has 2 heterocycles. The quantitative estimate of drug-likeness (QED) is 0.656. The van der Waals surface area contributed by atoms with Crippen molar-refractivity contribution in [2.24, 2.45) is 0 Å². The van der Waals surface area contributed by atoms with Crippen LogP contribution in [0, 0.1) is 13.8 Å². The number of rotatable bonds is 1. The maximum Gasteiger partial charge on any atom is 0.368 e. The molecule has 4 heteroatoms. The monoisotopic (exact) mass is 240 g/mol. The van der Waals surface area contributed by atoms with Gasteiger partial charge in [-0.3, -0.25) is 0 Å². The van der Waals surface area contributed by atoms with Crippen molar-refractivity contribution in [1.82, 2.24) is 9.56 Å². The van der Waals surface area contributed by atoms with Gasteiger partial charge in [-0.25, -0.2) is 9.78 Å². The van der Waals surface area contributed by atoms with E-state index in [9.17, 15) is 4.79 Å². The number of benzene rings is 1. The van der Waals surface area contributed by atoms with E-state index in [4.69, 9.17) is 4.52 Å². The van der Waals surface area contributed by atoms with E-state index in [0.717, 1.165) is 17.0 Å². The molecule has 0 spiro atoms. The summed E-state index contributed by atoms with van der Waals surface area (Å²) in [7, 11) is 0. The van der Waals surface area contributed by atoms with E-state index in [1.807, 2.05) is 50.2 Å². The van der Waals surface area contributed by atoms with E-state index >= 15 is 0 Å². The van der Waals surface area contributed by atoms with E-state index in [1.54, 1.807) is 0 Å². The van der Waals surface area contributed by atoms with Crippen LogP contribution in [0.3, 0.4) is 0 Å². The molecule has 0 unspecified atom stereocenters. The van der Waals surface area contributed by atoms with Crippen LogP contribution in [-0.2, 0) is 0 Å². The minimum absolute atomic E-state index is 0.359. The molecule has 3 rings (SSSR count). The van der Waals surface area contributed by atoms with Crippen molar-refractivity contribution in [3.63, 3.8) is 0 Å². The van der Waals surface area contributed by atoms with Crippen molar-refractivity contribution in [1.29, 1.82) is 0 Å². The third-order valence-corrected chi connectivity index (χ3v) is 2.88. The van der Waals surface area contributed by atoms with Crippen LogP contribution >= 0.6 is 0 Å². The third-order valence-electron chi connectivity index (χ3n) is 2.88. The lowest BCUT2D eigenvalue weighted by Crippen LogP contribution is -1.96. The highest BCUT2D eigenvalue weighted by molar-refractivity contribution is 5.76. The van der Waals surface area contributed by atoms with Gasteiger partial charge in [-0.2, -0.15) is 4.57 Å². The largest absolute Gasteiger partial charge is 0.368 e. The van der Waals surface area contributed by atoms with Gasteiger partial charge in [-0.15, -0.1) is 0 Å². The normalized spacial score (nSPS) is 11.0. The fourth-order valence-electron chi connectivity index (χ4n) is 2.12. The number of fused-ring (bicyclic) bond motifs is 1. The Labute approximate surface area is 103 Å². The van der Waals surface area contributed by atoms with Gasteiger partial charge in [0.15, 0.2) is 5.65 Å². The number of hydrogen-bond donors (Lipinski definition) is 0. The predicted octanol–water partition coefficient (Wildman–Crippen LogP) is 2.57. The minimum Gasteiger partial charge on any atom is -0.329 e. The molecule has 18 heavy (non-hydrogen) atoms. The van der Waals surface area contributed by atoms with Gasteiger partial charge in [-0.1, -0.05) is 30.3 Å². The van der Waals surface area contributed by atoms with E-state index in [1.165, 1.54) is 4.57 Å². The van der Waals surface area contributed by atoms with Gasteiger partial charge < -0.3 is 4.52 Å². The molecule has 90 valence electrons. The smallest absolute Gasteiger partial charge is 0.329 e. The third kappa shape index (κ3) is 1.54. The Balaban J connectivity index is 2.43. The van der Waals surface area contributed by atoms with E-state index in [-0.39, 0.29) is 5.63 Å².